The maximum Gasteiger partial charge on any atom is 0.488 e. The van der Waals surface area contributed by atoms with E-state index in [1.165, 1.54) is 0 Å². The third-order valence-electron chi connectivity index (χ3n) is 0.625. The van der Waals surface area contributed by atoms with Crippen molar-refractivity contribution in [2.45, 2.75) is 0 Å². The van der Waals surface area contributed by atoms with Crippen LogP contribution in [0.25, 0.3) is 5.53 Å². The monoisotopic (exact) mass is 164 g/mol. The lowest BCUT2D eigenvalue weighted by molar-refractivity contribution is -0.133. The van der Waals surface area contributed by atoms with Crippen LogP contribution in [0.4, 0.5) is 0 Å². The summed E-state index contributed by atoms with van der Waals surface area (Å²) in [6.07, 6.45) is 0.635. The highest BCUT2D eigenvalue weighted by molar-refractivity contribution is 8.07. The minimum atomic E-state index is -3.91. The Hall–Kier alpha value is -1.20. The molecule has 0 saturated heterocycles. The highest BCUT2D eigenvalue weighted by Crippen LogP contribution is 1.84. The van der Waals surface area contributed by atoms with Gasteiger partial charge in [0.05, 0.1) is 6.26 Å². The number of carboxylic acids is 1. The number of carboxylic acid groups (broad SMARTS) is 1. The Morgan fingerprint density at radius 1 is 1.60 bits per heavy atom. The minimum Gasteiger partial charge on any atom is -0.472 e. The molecule has 0 spiro atoms. The molecule has 10 heavy (non-hydrogen) atoms. The normalized spacial score (nSPS) is 10.1. The van der Waals surface area contributed by atoms with E-state index in [4.69, 9.17) is 10.6 Å². The van der Waals surface area contributed by atoms with Crippen LogP contribution in [0.5, 0.6) is 0 Å². The molecule has 0 amide bonds. The van der Waals surface area contributed by atoms with Gasteiger partial charge in [-0.05, 0) is 0 Å². The van der Waals surface area contributed by atoms with Gasteiger partial charge in [0.1, 0.15) is 0 Å². The van der Waals surface area contributed by atoms with Gasteiger partial charge < -0.3 is 10.6 Å². The van der Waals surface area contributed by atoms with Gasteiger partial charge >= 0.3 is 11.0 Å². The van der Waals surface area contributed by atoms with Crippen molar-refractivity contribution in [1.29, 1.82) is 0 Å². The Kier molecular flexibility index (Phi) is 2.28. The maximum absolute atomic E-state index is 10.3. The van der Waals surface area contributed by atoms with Gasteiger partial charge in [-0.1, -0.05) is 0 Å². The van der Waals surface area contributed by atoms with Crippen LogP contribution in [0.2, 0.25) is 0 Å². The van der Waals surface area contributed by atoms with Crippen molar-refractivity contribution in [2.75, 3.05) is 6.26 Å². The van der Waals surface area contributed by atoms with Crippen LogP contribution < -0.4 is 0 Å². The molecule has 0 aliphatic carbocycles. The van der Waals surface area contributed by atoms with Crippen LogP contribution >= 0.6 is 0 Å². The Labute approximate surface area is 56.6 Å². The van der Waals surface area contributed by atoms with E-state index < -0.39 is 20.9 Å². The molecule has 0 radical (unpaired) electrons. The third kappa shape index (κ3) is 1.96. The van der Waals surface area contributed by atoms with Crippen molar-refractivity contribution in [3.8, 4) is 0 Å². The SMILES string of the molecule is CS(=O)(=O)C(=[N+]=[N-])C(=O)O. The molecule has 0 aliphatic rings. The summed E-state index contributed by atoms with van der Waals surface area (Å²) < 4.78 is 20.7. The minimum absolute atomic E-state index is 0.635. The van der Waals surface area contributed by atoms with E-state index in [0.717, 1.165) is 0 Å². The van der Waals surface area contributed by atoms with Gasteiger partial charge in [0.25, 0.3) is 9.84 Å². The highest BCUT2D eigenvalue weighted by atomic mass is 32.2. The summed E-state index contributed by atoms with van der Waals surface area (Å²) >= 11 is 0. The average Bonchev–Trinajstić information content (AvgIpc) is 1.60. The predicted octanol–water partition coefficient (Wildman–Crippen LogP) is -1.26. The van der Waals surface area contributed by atoms with Gasteiger partial charge in [-0.25, -0.2) is 13.2 Å². The summed E-state index contributed by atoms with van der Waals surface area (Å²) in [6, 6.07) is 0. The third-order valence-corrected chi connectivity index (χ3v) is 1.58. The molecule has 1 N–H and O–H groups in total. The molecule has 0 rings (SSSR count). The lowest BCUT2D eigenvalue weighted by atomic mass is 10.8. The van der Waals surface area contributed by atoms with Crippen molar-refractivity contribution in [3.05, 3.63) is 5.53 Å². The van der Waals surface area contributed by atoms with Crippen molar-refractivity contribution >= 4 is 20.9 Å². The van der Waals surface area contributed by atoms with Gasteiger partial charge in [0, 0.05) is 0 Å². The zero-order chi connectivity index (χ0) is 8.36. The first-order valence-electron chi connectivity index (χ1n) is 2.05. The van der Waals surface area contributed by atoms with Gasteiger partial charge in [-0.2, -0.15) is 0 Å². The summed E-state index contributed by atoms with van der Waals surface area (Å²) in [4.78, 5) is 12.0. The second-order valence-electron chi connectivity index (χ2n) is 1.48. The molecule has 0 unspecified atom stereocenters. The second-order valence-corrected chi connectivity index (χ2v) is 3.41. The number of hydrogen-bond acceptors (Lipinski definition) is 3. The van der Waals surface area contributed by atoms with E-state index in [1.54, 1.807) is 0 Å². The van der Waals surface area contributed by atoms with E-state index >= 15 is 0 Å². The molecule has 0 aliphatic heterocycles. The molecule has 0 fully saturated rings. The zero-order valence-electron chi connectivity index (χ0n) is 4.97. The van der Waals surface area contributed by atoms with Crippen LogP contribution in [-0.2, 0) is 14.6 Å². The first kappa shape index (κ1) is 8.80. The van der Waals surface area contributed by atoms with Crippen LogP contribution in [0.15, 0.2) is 0 Å². The fourth-order valence-electron chi connectivity index (χ4n) is 0.276. The predicted molar refractivity (Wildman–Crippen MR) is 31.1 cm³/mol. The average molecular weight is 164 g/mol. The lowest BCUT2D eigenvalue weighted by Crippen LogP contribution is -2.23. The molecule has 0 saturated carbocycles. The van der Waals surface area contributed by atoms with E-state index in [2.05, 4.69) is 4.79 Å². The Balaban J connectivity index is 5.16. The number of rotatable bonds is 0. The molecular weight excluding hydrogens is 160 g/mol. The molecule has 0 bridgehead atoms. The Morgan fingerprint density at radius 3 is 2.00 bits per heavy atom. The van der Waals surface area contributed by atoms with Crippen molar-refractivity contribution < 1.29 is 23.1 Å². The molecule has 0 atom stereocenters. The molecule has 7 heteroatoms. The number of hydrogen-bond donors (Lipinski definition) is 1. The van der Waals surface area contributed by atoms with E-state index in [-0.39, 0.29) is 0 Å². The van der Waals surface area contributed by atoms with Crippen LogP contribution in [-0.4, -0.2) is 35.6 Å². The molecule has 0 aromatic heterocycles. The summed E-state index contributed by atoms with van der Waals surface area (Å²) in [5, 5.41) is 6.78. The summed E-state index contributed by atoms with van der Waals surface area (Å²) in [5.41, 5.74) is 7.86. The number of aliphatic carboxylic acids is 1. The van der Waals surface area contributed by atoms with Crippen molar-refractivity contribution in [3.63, 3.8) is 0 Å². The summed E-state index contributed by atoms with van der Waals surface area (Å²) in [7, 11) is -3.91. The van der Waals surface area contributed by atoms with Gasteiger partial charge in [0.2, 0.25) is 0 Å². The Bertz CT molecular complexity index is 296. The topological polar surface area (TPSA) is 108 Å². The Morgan fingerprint density at radius 2 is 2.00 bits per heavy atom. The lowest BCUT2D eigenvalue weighted by Gasteiger charge is -1.82. The summed E-state index contributed by atoms with van der Waals surface area (Å²) in [6.45, 7) is 0. The first-order chi connectivity index (χ1) is 4.39. The summed E-state index contributed by atoms with van der Waals surface area (Å²) in [5.74, 6) is -1.77. The molecule has 56 valence electrons. The highest BCUT2D eigenvalue weighted by Gasteiger charge is 2.31. The first-order valence-corrected chi connectivity index (χ1v) is 3.94. The van der Waals surface area contributed by atoms with Crippen LogP contribution in [0, 0.1) is 0 Å². The second kappa shape index (κ2) is 2.59. The van der Waals surface area contributed by atoms with Crippen LogP contribution in [0.1, 0.15) is 0 Å². The zero-order valence-corrected chi connectivity index (χ0v) is 5.79. The number of sulfone groups is 1. The van der Waals surface area contributed by atoms with E-state index in [1.807, 2.05) is 0 Å². The maximum atomic E-state index is 10.3. The molecular formula is C3H4N2O4S. The van der Waals surface area contributed by atoms with Crippen molar-refractivity contribution in [2.24, 2.45) is 0 Å². The number of carbonyl (C=O) groups is 1. The van der Waals surface area contributed by atoms with E-state index in [9.17, 15) is 13.2 Å². The van der Waals surface area contributed by atoms with Crippen LogP contribution in [0.3, 0.4) is 0 Å². The fourth-order valence-corrected chi connectivity index (χ4v) is 0.741. The smallest absolute Gasteiger partial charge is 0.472 e. The van der Waals surface area contributed by atoms with Gasteiger partial charge in [-0.3, -0.25) is 0 Å². The largest absolute Gasteiger partial charge is 0.488 e. The standard InChI is InChI=1S/C3H4N2O4S/c1-10(8,9)2(5-4)3(6)7/h1H3,(H,6,7). The van der Waals surface area contributed by atoms with Gasteiger partial charge in [-0.15, -0.1) is 4.79 Å². The fraction of sp³-hybridized carbons (Fsp3) is 0.333. The molecule has 0 heterocycles. The van der Waals surface area contributed by atoms with E-state index in [0.29, 0.717) is 6.26 Å². The number of nitrogens with zero attached hydrogens (tertiary/aromatic N) is 2. The molecule has 6 nitrogen and oxygen atoms in total. The van der Waals surface area contributed by atoms with Gasteiger partial charge in [0.15, 0.2) is 0 Å². The molecule has 0 aromatic rings. The quantitative estimate of drug-likeness (QED) is 0.208. The molecule has 0 aromatic carbocycles. The van der Waals surface area contributed by atoms with Crippen molar-refractivity contribution in [1.82, 2.24) is 0 Å².